The molecule has 2 N–H and O–H groups in total. The van der Waals surface area contributed by atoms with E-state index in [0.29, 0.717) is 5.69 Å². The monoisotopic (exact) mass is 349 g/mol. The maximum Gasteiger partial charge on any atom is 0.268 e. The Balaban J connectivity index is 1.95. The normalized spacial score (nSPS) is 11.6. The van der Waals surface area contributed by atoms with Gasteiger partial charge in [0, 0.05) is 30.2 Å². The van der Waals surface area contributed by atoms with Gasteiger partial charge in [0.25, 0.3) is 5.91 Å². The number of hydrogen-bond acceptors (Lipinski definition) is 4. The van der Waals surface area contributed by atoms with Crippen molar-refractivity contribution in [3.8, 4) is 5.75 Å². The lowest BCUT2D eigenvalue weighted by atomic mass is 9.99. The van der Waals surface area contributed by atoms with Gasteiger partial charge >= 0.3 is 0 Å². The third-order valence-electron chi connectivity index (χ3n) is 3.99. The van der Waals surface area contributed by atoms with Crippen molar-refractivity contribution in [3.63, 3.8) is 0 Å². The van der Waals surface area contributed by atoms with Crippen LogP contribution in [0.2, 0.25) is 0 Å². The van der Waals surface area contributed by atoms with Crippen molar-refractivity contribution in [3.05, 3.63) is 93.7 Å². The molecule has 26 heavy (non-hydrogen) atoms. The molecule has 1 amide bonds. The Kier molecular flexibility index (Phi) is 5.12. The smallest absolute Gasteiger partial charge is 0.268 e. The van der Waals surface area contributed by atoms with Gasteiger partial charge in [0.15, 0.2) is 5.43 Å². The molecule has 1 aromatic carbocycles. The number of rotatable bonds is 5. The Labute approximate surface area is 150 Å². The third kappa shape index (κ3) is 3.97. The van der Waals surface area contributed by atoms with Crippen molar-refractivity contribution < 1.29 is 9.53 Å². The first-order chi connectivity index (χ1) is 12.6. The Morgan fingerprint density at radius 1 is 1.08 bits per heavy atom. The van der Waals surface area contributed by atoms with Crippen LogP contribution in [0.15, 0.2) is 65.7 Å². The van der Waals surface area contributed by atoms with Crippen molar-refractivity contribution in [1.29, 1.82) is 0 Å². The second kappa shape index (κ2) is 7.65. The third-order valence-corrected chi connectivity index (χ3v) is 3.99. The van der Waals surface area contributed by atoms with Gasteiger partial charge in [0.2, 0.25) is 0 Å². The van der Waals surface area contributed by atoms with Gasteiger partial charge in [-0.1, -0.05) is 12.1 Å². The molecule has 2 heterocycles. The minimum atomic E-state index is -0.388. The van der Waals surface area contributed by atoms with Gasteiger partial charge in [0.05, 0.1) is 13.2 Å². The van der Waals surface area contributed by atoms with Gasteiger partial charge in [-0.3, -0.25) is 14.6 Å². The number of benzene rings is 1. The van der Waals surface area contributed by atoms with Crippen LogP contribution in [-0.4, -0.2) is 23.0 Å². The molecule has 3 rings (SSSR count). The van der Waals surface area contributed by atoms with Crippen LogP contribution in [0.25, 0.3) is 0 Å². The van der Waals surface area contributed by atoms with Crippen molar-refractivity contribution >= 4 is 5.91 Å². The van der Waals surface area contributed by atoms with Crippen LogP contribution >= 0.6 is 0 Å². The van der Waals surface area contributed by atoms with Crippen LogP contribution in [0.1, 0.15) is 33.4 Å². The molecule has 0 aliphatic rings. The summed E-state index contributed by atoms with van der Waals surface area (Å²) in [6.45, 7) is 1.74. The van der Waals surface area contributed by atoms with Crippen molar-refractivity contribution in [2.75, 3.05) is 7.11 Å². The van der Waals surface area contributed by atoms with E-state index in [4.69, 9.17) is 4.74 Å². The first-order valence-corrected chi connectivity index (χ1v) is 8.12. The van der Waals surface area contributed by atoms with Gasteiger partial charge in [-0.05, 0) is 42.3 Å². The van der Waals surface area contributed by atoms with E-state index < -0.39 is 0 Å². The van der Waals surface area contributed by atoms with E-state index in [9.17, 15) is 9.59 Å². The molecule has 6 heteroatoms. The fourth-order valence-electron chi connectivity index (χ4n) is 2.72. The number of amides is 1. The second-order valence-electron chi connectivity index (χ2n) is 5.87. The summed E-state index contributed by atoms with van der Waals surface area (Å²) < 4.78 is 5.19. The number of carbonyl (C=O) groups excluding carboxylic acids is 1. The lowest BCUT2D eigenvalue weighted by molar-refractivity contribution is 0.0937. The van der Waals surface area contributed by atoms with E-state index >= 15 is 0 Å². The number of nitrogens with one attached hydrogen (secondary N) is 2. The summed E-state index contributed by atoms with van der Waals surface area (Å²) in [5.74, 6) is 0.375. The maximum atomic E-state index is 12.7. The number of ether oxygens (including phenoxy) is 1. The molecule has 0 saturated heterocycles. The van der Waals surface area contributed by atoms with E-state index in [0.717, 1.165) is 16.9 Å². The molecular formula is C20H19N3O3. The number of aryl methyl sites for hydroxylation is 1. The molecular weight excluding hydrogens is 330 g/mol. The van der Waals surface area contributed by atoms with Gasteiger partial charge in [-0.25, -0.2) is 0 Å². The minimum Gasteiger partial charge on any atom is -0.497 e. The summed E-state index contributed by atoms with van der Waals surface area (Å²) >= 11 is 0. The van der Waals surface area contributed by atoms with Crippen molar-refractivity contribution in [1.82, 2.24) is 15.3 Å². The maximum absolute atomic E-state index is 12.7. The van der Waals surface area contributed by atoms with Crippen LogP contribution in [-0.2, 0) is 0 Å². The first kappa shape index (κ1) is 17.4. The molecule has 3 aromatic rings. The van der Waals surface area contributed by atoms with E-state index in [1.165, 1.54) is 12.1 Å². The lowest BCUT2D eigenvalue weighted by Crippen LogP contribution is -2.30. The van der Waals surface area contributed by atoms with Crippen LogP contribution < -0.4 is 15.5 Å². The molecule has 132 valence electrons. The number of nitrogens with zero attached hydrogens (tertiary/aromatic N) is 1. The summed E-state index contributed by atoms with van der Waals surface area (Å²) in [6, 6.07) is 13.5. The fourth-order valence-corrected chi connectivity index (χ4v) is 2.72. The predicted molar refractivity (Wildman–Crippen MR) is 98.3 cm³/mol. The predicted octanol–water partition coefficient (Wildman–Crippen LogP) is 2.61. The van der Waals surface area contributed by atoms with E-state index in [1.54, 1.807) is 26.4 Å². The first-order valence-electron chi connectivity index (χ1n) is 8.12. The topological polar surface area (TPSA) is 84.1 Å². The molecule has 2 aromatic heterocycles. The number of aromatic nitrogens is 2. The zero-order chi connectivity index (χ0) is 18.5. The molecule has 0 unspecified atom stereocenters. The summed E-state index contributed by atoms with van der Waals surface area (Å²) in [4.78, 5) is 31.4. The van der Waals surface area contributed by atoms with Gasteiger partial charge in [-0.15, -0.1) is 0 Å². The zero-order valence-corrected chi connectivity index (χ0v) is 14.5. The molecule has 0 aliphatic heterocycles. The Hall–Kier alpha value is -3.41. The highest BCUT2D eigenvalue weighted by Crippen LogP contribution is 2.24. The highest BCUT2D eigenvalue weighted by Gasteiger charge is 2.18. The van der Waals surface area contributed by atoms with Crippen LogP contribution in [0.5, 0.6) is 5.75 Å². The minimum absolute atomic E-state index is 0.212. The molecule has 0 radical (unpaired) electrons. The van der Waals surface area contributed by atoms with Crippen LogP contribution in [0.4, 0.5) is 0 Å². The molecule has 0 fully saturated rings. The SMILES string of the molecule is COc1ccc([C@H](NC(=O)c2cc(=O)cc(C)[nH]2)c2ccncc2)cc1. The second-order valence-corrected chi connectivity index (χ2v) is 5.87. The number of aromatic amines is 1. The quantitative estimate of drug-likeness (QED) is 0.742. The van der Waals surface area contributed by atoms with Gasteiger partial charge in [-0.2, -0.15) is 0 Å². The van der Waals surface area contributed by atoms with E-state index in [-0.39, 0.29) is 23.1 Å². The Morgan fingerprint density at radius 2 is 1.73 bits per heavy atom. The molecule has 1 atom stereocenters. The molecule has 0 spiro atoms. The fraction of sp³-hybridized carbons (Fsp3) is 0.150. The van der Waals surface area contributed by atoms with Gasteiger partial charge < -0.3 is 15.0 Å². The molecule has 6 nitrogen and oxygen atoms in total. The largest absolute Gasteiger partial charge is 0.497 e. The van der Waals surface area contributed by atoms with E-state index in [1.807, 2.05) is 36.4 Å². The average Bonchev–Trinajstić information content (AvgIpc) is 2.66. The summed E-state index contributed by atoms with van der Waals surface area (Å²) in [5.41, 5.74) is 2.42. The average molecular weight is 349 g/mol. The van der Waals surface area contributed by atoms with Crippen LogP contribution in [0.3, 0.4) is 0 Å². The summed E-state index contributed by atoms with van der Waals surface area (Å²) in [7, 11) is 1.60. The van der Waals surface area contributed by atoms with Crippen molar-refractivity contribution in [2.24, 2.45) is 0 Å². The number of carbonyl (C=O) groups is 1. The molecule has 0 aliphatic carbocycles. The van der Waals surface area contributed by atoms with Crippen molar-refractivity contribution in [2.45, 2.75) is 13.0 Å². The summed E-state index contributed by atoms with van der Waals surface area (Å²) in [5, 5.41) is 2.98. The van der Waals surface area contributed by atoms with E-state index in [2.05, 4.69) is 15.3 Å². The van der Waals surface area contributed by atoms with Crippen LogP contribution in [0, 0.1) is 6.92 Å². The Bertz CT molecular complexity index is 950. The Morgan fingerprint density at radius 3 is 2.35 bits per heavy atom. The summed E-state index contributed by atoms with van der Waals surface area (Å²) in [6.07, 6.45) is 3.35. The number of H-pyrrole nitrogens is 1. The molecule has 0 saturated carbocycles. The highest BCUT2D eigenvalue weighted by molar-refractivity contribution is 5.92. The lowest BCUT2D eigenvalue weighted by Gasteiger charge is -2.20. The highest BCUT2D eigenvalue weighted by atomic mass is 16.5. The van der Waals surface area contributed by atoms with Gasteiger partial charge in [0.1, 0.15) is 11.4 Å². The number of pyridine rings is 2. The standard InChI is InChI=1S/C20H19N3O3/c1-13-11-16(24)12-18(22-13)20(25)23-19(15-7-9-21-10-8-15)14-3-5-17(26-2)6-4-14/h3-12,19H,1-2H3,(H,22,24)(H,23,25)/t19-/m0/s1. The molecule has 0 bridgehead atoms. The number of methoxy groups -OCH3 is 1. The number of hydrogen-bond donors (Lipinski definition) is 2. The zero-order valence-electron chi connectivity index (χ0n) is 14.5.